The van der Waals surface area contributed by atoms with Crippen LogP contribution < -0.4 is 0 Å². The van der Waals surface area contributed by atoms with Gasteiger partial charge in [-0.05, 0) is 5.92 Å². The molecule has 0 aromatic heterocycles. The van der Waals surface area contributed by atoms with Gasteiger partial charge in [0.1, 0.15) is 0 Å². The van der Waals surface area contributed by atoms with Crippen LogP contribution in [0.3, 0.4) is 0 Å². The van der Waals surface area contributed by atoms with Crippen molar-refractivity contribution in [1.82, 2.24) is 0 Å². The molecule has 0 spiro atoms. The minimum atomic E-state index is 1.02. The molecule has 1 radical (unpaired) electrons. The van der Waals surface area contributed by atoms with Crippen molar-refractivity contribution in [3.05, 3.63) is 6.92 Å². The van der Waals surface area contributed by atoms with E-state index in [0.29, 0.717) is 0 Å². The molecular formula is C15H31. The Hall–Kier alpha value is 0. The van der Waals surface area contributed by atoms with E-state index in [-0.39, 0.29) is 0 Å². The molecule has 0 nitrogen and oxygen atoms in total. The van der Waals surface area contributed by atoms with Crippen LogP contribution in [0, 0.1) is 12.8 Å². The van der Waals surface area contributed by atoms with Gasteiger partial charge in [0.25, 0.3) is 0 Å². The fraction of sp³-hybridized carbons (Fsp3) is 0.933. The first-order chi connectivity index (χ1) is 7.35. The summed E-state index contributed by atoms with van der Waals surface area (Å²) in [6, 6.07) is 0. The normalized spacial score (nSPS) is 13.0. The molecule has 1 atom stereocenters. The average molecular weight is 211 g/mol. The summed E-state index contributed by atoms with van der Waals surface area (Å²) in [5.41, 5.74) is 0. The molecule has 0 aliphatic carbocycles. The van der Waals surface area contributed by atoms with Crippen molar-refractivity contribution in [3.8, 4) is 0 Å². The van der Waals surface area contributed by atoms with Crippen LogP contribution >= 0.6 is 0 Å². The Balaban J connectivity index is 3.44. The molecule has 0 heterocycles. The first kappa shape index (κ1) is 15.0. The van der Waals surface area contributed by atoms with E-state index < -0.39 is 0 Å². The van der Waals surface area contributed by atoms with Gasteiger partial charge in [-0.2, -0.15) is 0 Å². The van der Waals surface area contributed by atoms with Crippen LogP contribution in [0.25, 0.3) is 0 Å². The third-order valence-corrected chi connectivity index (χ3v) is 3.28. The van der Waals surface area contributed by atoms with Gasteiger partial charge in [-0.25, -0.2) is 0 Å². The van der Waals surface area contributed by atoms with Crippen LogP contribution in [0.15, 0.2) is 0 Å². The maximum Gasteiger partial charge on any atom is -0.0414 e. The minimum Gasteiger partial charge on any atom is -0.0654 e. The summed E-state index contributed by atoms with van der Waals surface area (Å²) in [7, 11) is 0. The van der Waals surface area contributed by atoms with Gasteiger partial charge in [0.2, 0.25) is 0 Å². The zero-order chi connectivity index (χ0) is 11.4. The van der Waals surface area contributed by atoms with Crippen molar-refractivity contribution >= 4 is 0 Å². The van der Waals surface area contributed by atoms with Crippen molar-refractivity contribution in [2.24, 2.45) is 5.92 Å². The van der Waals surface area contributed by atoms with Crippen LogP contribution in [0.4, 0.5) is 0 Å². The Kier molecular flexibility index (Phi) is 12.1. The molecule has 0 N–H and O–H groups in total. The molecular weight excluding hydrogens is 180 g/mol. The quantitative estimate of drug-likeness (QED) is 0.381. The highest BCUT2D eigenvalue weighted by atomic mass is 14.1. The fourth-order valence-electron chi connectivity index (χ4n) is 2.31. The van der Waals surface area contributed by atoms with Gasteiger partial charge in [0.05, 0.1) is 0 Å². The lowest BCUT2D eigenvalue weighted by atomic mass is 9.91. The van der Waals surface area contributed by atoms with Crippen molar-refractivity contribution in [2.75, 3.05) is 0 Å². The summed E-state index contributed by atoms with van der Waals surface area (Å²) in [6.45, 7) is 8.52. The lowest BCUT2D eigenvalue weighted by Crippen LogP contribution is -2.00. The van der Waals surface area contributed by atoms with E-state index in [9.17, 15) is 0 Å². The molecule has 0 aliphatic heterocycles. The third-order valence-electron chi connectivity index (χ3n) is 3.28. The minimum absolute atomic E-state index is 1.02. The molecule has 0 saturated carbocycles. The van der Waals surface area contributed by atoms with Crippen LogP contribution in [0.2, 0.25) is 0 Å². The predicted molar refractivity (Wildman–Crippen MR) is 71.0 cm³/mol. The smallest absolute Gasteiger partial charge is 0.0414 e. The first-order valence-corrected chi connectivity index (χ1v) is 7.14. The highest BCUT2D eigenvalue weighted by Gasteiger charge is 2.06. The maximum absolute atomic E-state index is 3.90. The Labute approximate surface area is 97.8 Å². The summed E-state index contributed by atoms with van der Waals surface area (Å²) >= 11 is 0. The van der Waals surface area contributed by atoms with E-state index in [2.05, 4.69) is 20.8 Å². The molecule has 0 aromatic rings. The SMILES string of the molecule is [CH2]CCCCCC(CCC)CCCCC. The van der Waals surface area contributed by atoms with Crippen molar-refractivity contribution in [2.45, 2.75) is 84.5 Å². The molecule has 0 aromatic carbocycles. The summed E-state index contributed by atoms with van der Waals surface area (Å²) in [5, 5.41) is 0. The molecule has 0 aliphatic rings. The standard InChI is InChI=1S/C15H31/c1-4-7-9-11-14-15(12-6-3)13-10-8-5-2/h15H,1,4-14H2,2-3H3. The molecule has 0 fully saturated rings. The lowest BCUT2D eigenvalue weighted by Gasteiger charge is -2.15. The molecule has 0 rings (SSSR count). The van der Waals surface area contributed by atoms with Gasteiger partial charge in [-0.1, -0.05) is 91.4 Å². The summed E-state index contributed by atoms with van der Waals surface area (Å²) < 4.78 is 0. The van der Waals surface area contributed by atoms with E-state index >= 15 is 0 Å². The molecule has 0 bridgehead atoms. The Morgan fingerprint density at radius 2 is 1.40 bits per heavy atom. The monoisotopic (exact) mass is 211 g/mol. The van der Waals surface area contributed by atoms with E-state index in [1.807, 2.05) is 0 Å². The Morgan fingerprint density at radius 3 is 1.93 bits per heavy atom. The lowest BCUT2D eigenvalue weighted by molar-refractivity contribution is 0.382. The van der Waals surface area contributed by atoms with Crippen LogP contribution in [0.5, 0.6) is 0 Å². The highest BCUT2D eigenvalue weighted by Crippen LogP contribution is 2.22. The largest absolute Gasteiger partial charge is 0.0654 e. The Morgan fingerprint density at radius 1 is 0.733 bits per heavy atom. The van der Waals surface area contributed by atoms with E-state index in [1.54, 1.807) is 0 Å². The van der Waals surface area contributed by atoms with Crippen molar-refractivity contribution in [1.29, 1.82) is 0 Å². The molecule has 1 unspecified atom stereocenters. The summed E-state index contributed by atoms with van der Waals surface area (Å²) in [4.78, 5) is 0. The summed E-state index contributed by atoms with van der Waals surface area (Å²) in [5.74, 6) is 1.02. The predicted octanol–water partition coefficient (Wildman–Crippen LogP) is 5.77. The molecule has 0 heteroatoms. The highest BCUT2D eigenvalue weighted by molar-refractivity contribution is 4.60. The molecule has 15 heavy (non-hydrogen) atoms. The number of rotatable bonds is 11. The second-order valence-electron chi connectivity index (χ2n) is 4.85. The average Bonchev–Trinajstić information content (AvgIpc) is 2.24. The molecule has 0 saturated heterocycles. The fourth-order valence-corrected chi connectivity index (χ4v) is 2.31. The van der Waals surface area contributed by atoms with Crippen molar-refractivity contribution < 1.29 is 0 Å². The van der Waals surface area contributed by atoms with Gasteiger partial charge in [0.15, 0.2) is 0 Å². The molecule has 91 valence electrons. The second kappa shape index (κ2) is 12.1. The third kappa shape index (κ3) is 10.3. The van der Waals surface area contributed by atoms with Gasteiger partial charge in [-0.15, -0.1) is 0 Å². The van der Waals surface area contributed by atoms with Crippen molar-refractivity contribution in [3.63, 3.8) is 0 Å². The molecule has 0 amide bonds. The maximum atomic E-state index is 3.90. The van der Waals surface area contributed by atoms with E-state index in [1.165, 1.54) is 64.2 Å². The number of unbranched alkanes of at least 4 members (excludes halogenated alkanes) is 5. The van der Waals surface area contributed by atoms with Crippen LogP contribution in [0.1, 0.15) is 84.5 Å². The zero-order valence-corrected chi connectivity index (χ0v) is 11.1. The first-order valence-electron chi connectivity index (χ1n) is 7.14. The van der Waals surface area contributed by atoms with E-state index in [0.717, 1.165) is 12.3 Å². The number of hydrogen-bond acceptors (Lipinski definition) is 0. The summed E-state index contributed by atoms with van der Waals surface area (Å²) in [6.07, 6.45) is 15.3. The van der Waals surface area contributed by atoms with Crippen LogP contribution in [-0.4, -0.2) is 0 Å². The van der Waals surface area contributed by atoms with Gasteiger partial charge >= 0.3 is 0 Å². The second-order valence-corrected chi connectivity index (χ2v) is 4.85. The zero-order valence-electron chi connectivity index (χ0n) is 11.1. The van der Waals surface area contributed by atoms with Gasteiger partial charge in [-0.3, -0.25) is 0 Å². The Bertz CT molecular complexity index is 107. The number of hydrogen-bond donors (Lipinski definition) is 0. The van der Waals surface area contributed by atoms with Gasteiger partial charge < -0.3 is 0 Å². The van der Waals surface area contributed by atoms with Gasteiger partial charge in [0, 0.05) is 0 Å². The van der Waals surface area contributed by atoms with E-state index in [4.69, 9.17) is 0 Å². The topological polar surface area (TPSA) is 0 Å². The van der Waals surface area contributed by atoms with Crippen LogP contribution in [-0.2, 0) is 0 Å².